The van der Waals surface area contributed by atoms with E-state index in [1.807, 2.05) is 30.0 Å². The number of hydrogen-bond acceptors (Lipinski definition) is 5. The Labute approximate surface area is 235 Å². The predicted octanol–water partition coefficient (Wildman–Crippen LogP) is 5.16. The van der Waals surface area contributed by atoms with Crippen molar-refractivity contribution in [3.63, 3.8) is 0 Å². The summed E-state index contributed by atoms with van der Waals surface area (Å²) >= 11 is 12.5. The molecular weight excluding hydrogens is 549 g/mol. The van der Waals surface area contributed by atoms with Crippen LogP contribution in [0.25, 0.3) is 0 Å². The van der Waals surface area contributed by atoms with Crippen LogP contribution < -0.4 is 4.74 Å². The van der Waals surface area contributed by atoms with Crippen LogP contribution in [0.1, 0.15) is 43.2 Å². The molecular formula is C28H28Cl2F2N4O3. The zero-order chi connectivity index (χ0) is 27.9. The minimum Gasteiger partial charge on any atom is -0.474 e. The number of benzene rings is 1. The third-order valence-corrected chi connectivity index (χ3v) is 8.84. The number of carbonyl (C=O) groups is 2. The van der Waals surface area contributed by atoms with Crippen LogP contribution in [0, 0.1) is 29.1 Å². The minimum absolute atomic E-state index is 0.00453. The molecule has 1 aromatic heterocycles. The molecule has 11 heteroatoms. The first kappa shape index (κ1) is 27.6. The molecule has 2 saturated heterocycles. The van der Waals surface area contributed by atoms with E-state index in [1.54, 1.807) is 18.2 Å². The van der Waals surface area contributed by atoms with Gasteiger partial charge in [-0.15, -0.1) is 0 Å². The molecule has 0 bridgehead atoms. The summed E-state index contributed by atoms with van der Waals surface area (Å²) in [5.41, 5.74) is 1.37. The van der Waals surface area contributed by atoms with Gasteiger partial charge in [0.05, 0.1) is 15.6 Å². The van der Waals surface area contributed by atoms with Gasteiger partial charge in [0.2, 0.25) is 17.7 Å². The van der Waals surface area contributed by atoms with Gasteiger partial charge in [0.1, 0.15) is 18.1 Å². The zero-order valence-electron chi connectivity index (χ0n) is 21.3. The Morgan fingerprint density at radius 2 is 1.82 bits per heavy atom. The third kappa shape index (κ3) is 5.82. The van der Waals surface area contributed by atoms with Gasteiger partial charge in [-0.2, -0.15) is 5.26 Å². The number of piperidine rings is 1. The minimum atomic E-state index is -2.89. The lowest BCUT2D eigenvalue weighted by atomic mass is 9.86. The molecule has 1 saturated carbocycles. The fourth-order valence-corrected chi connectivity index (χ4v) is 5.99. The summed E-state index contributed by atoms with van der Waals surface area (Å²) in [6, 6.07) is 10.8. The van der Waals surface area contributed by atoms with Gasteiger partial charge in [0.25, 0.3) is 5.92 Å². The standard InChI is InChI=1S/C28H28Cl2F2N4O3/c1-16(39-25-5-2-17(12-33)13-34-25)20-14-36(15-21(20)19-3-4-23(29)24(30)10-19)26(37)18-6-8-35(9-7-18)27(38)22-11-28(22,31)32/h2-5,10,13,16,18,20-22H,6-9,11,14-15H2,1H3/t16-,20+,21+,22?/m0/s1. The predicted molar refractivity (Wildman–Crippen MR) is 141 cm³/mol. The number of ether oxygens (including phenoxy) is 1. The van der Waals surface area contributed by atoms with Crippen LogP contribution in [-0.4, -0.2) is 64.8 Å². The molecule has 0 radical (unpaired) electrons. The van der Waals surface area contributed by atoms with E-state index in [1.165, 1.54) is 11.1 Å². The molecule has 4 atom stereocenters. The lowest BCUT2D eigenvalue weighted by Gasteiger charge is -2.33. The second-order valence-electron chi connectivity index (χ2n) is 10.6. The number of halogens is 4. The topological polar surface area (TPSA) is 86.5 Å². The Kier molecular flexibility index (Phi) is 7.71. The quantitative estimate of drug-likeness (QED) is 0.474. The summed E-state index contributed by atoms with van der Waals surface area (Å²) < 4.78 is 32.9. The summed E-state index contributed by atoms with van der Waals surface area (Å²) in [5, 5.41) is 9.90. The number of carbonyl (C=O) groups excluding carboxylic acids is 2. The molecule has 39 heavy (non-hydrogen) atoms. The maximum Gasteiger partial charge on any atom is 0.260 e. The smallest absolute Gasteiger partial charge is 0.260 e. The van der Waals surface area contributed by atoms with E-state index >= 15 is 0 Å². The number of likely N-dealkylation sites (tertiary alicyclic amines) is 2. The molecule has 1 aliphatic carbocycles. The SMILES string of the molecule is C[C@H](Oc1ccc(C#N)cn1)[C@H]1CN(C(=O)C2CCN(C(=O)C3CC3(F)F)CC2)C[C@@H]1c1ccc(Cl)c(Cl)c1. The summed E-state index contributed by atoms with van der Waals surface area (Å²) in [6.07, 6.45) is 1.65. The molecule has 5 rings (SSSR count). The average molecular weight is 577 g/mol. The second-order valence-corrected chi connectivity index (χ2v) is 11.4. The van der Waals surface area contributed by atoms with Gasteiger partial charge in [-0.05, 0) is 43.5 Å². The molecule has 7 nitrogen and oxygen atoms in total. The average Bonchev–Trinajstić information content (AvgIpc) is 3.35. The van der Waals surface area contributed by atoms with Crippen LogP contribution in [-0.2, 0) is 9.59 Å². The van der Waals surface area contributed by atoms with Crippen LogP contribution in [0.2, 0.25) is 10.0 Å². The molecule has 3 heterocycles. The molecule has 1 unspecified atom stereocenters. The number of pyridine rings is 1. The van der Waals surface area contributed by atoms with E-state index in [0.717, 1.165) is 5.56 Å². The van der Waals surface area contributed by atoms with Crippen molar-refractivity contribution in [1.82, 2.24) is 14.8 Å². The van der Waals surface area contributed by atoms with Gasteiger partial charge >= 0.3 is 0 Å². The third-order valence-electron chi connectivity index (χ3n) is 8.10. The maximum absolute atomic E-state index is 13.6. The second kappa shape index (κ2) is 10.9. The van der Waals surface area contributed by atoms with E-state index in [-0.39, 0.29) is 36.2 Å². The largest absolute Gasteiger partial charge is 0.474 e. The Bertz CT molecular complexity index is 1290. The molecule has 2 aliphatic heterocycles. The van der Waals surface area contributed by atoms with Gasteiger partial charge in [-0.1, -0.05) is 29.3 Å². The number of nitriles is 1. The van der Waals surface area contributed by atoms with Crippen LogP contribution in [0.3, 0.4) is 0 Å². The van der Waals surface area contributed by atoms with Crippen molar-refractivity contribution >= 4 is 35.0 Å². The number of alkyl halides is 2. The van der Waals surface area contributed by atoms with Crippen molar-refractivity contribution in [1.29, 1.82) is 5.26 Å². The Balaban J connectivity index is 1.28. The number of amides is 2. The highest BCUT2D eigenvalue weighted by molar-refractivity contribution is 6.42. The van der Waals surface area contributed by atoms with Crippen molar-refractivity contribution in [3.05, 3.63) is 57.7 Å². The maximum atomic E-state index is 13.6. The highest BCUT2D eigenvalue weighted by Crippen LogP contribution is 2.50. The van der Waals surface area contributed by atoms with E-state index in [9.17, 15) is 18.4 Å². The van der Waals surface area contributed by atoms with E-state index in [0.29, 0.717) is 60.5 Å². The highest BCUT2D eigenvalue weighted by Gasteiger charge is 2.62. The van der Waals surface area contributed by atoms with Gasteiger partial charge < -0.3 is 14.5 Å². The summed E-state index contributed by atoms with van der Waals surface area (Å²) in [7, 11) is 0. The van der Waals surface area contributed by atoms with Crippen LogP contribution in [0.4, 0.5) is 8.78 Å². The Morgan fingerprint density at radius 3 is 2.41 bits per heavy atom. The molecule has 3 fully saturated rings. The molecule has 0 N–H and O–H groups in total. The molecule has 0 spiro atoms. The van der Waals surface area contributed by atoms with E-state index in [2.05, 4.69) is 4.98 Å². The number of nitrogens with zero attached hydrogens (tertiary/aromatic N) is 4. The van der Waals surface area contributed by atoms with Crippen molar-refractivity contribution in [3.8, 4) is 11.9 Å². The lowest BCUT2D eigenvalue weighted by Crippen LogP contribution is -2.45. The molecule has 2 amide bonds. The molecule has 3 aliphatic rings. The van der Waals surface area contributed by atoms with Gasteiger partial charge in [-0.3, -0.25) is 9.59 Å². The van der Waals surface area contributed by atoms with Gasteiger partial charge in [0, 0.05) is 62.6 Å². The van der Waals surface area contributed by atoms with Crippen LogP contribution >= 0.6 is 23.2 Å². The fourth-order valence-electron chi connectivity index (χ4n) is 5.68. The summed E-state index contributed by atoms with van der Waals surface area (Å²) in [4.78, 5) is 33.5. The number of aromatic nitrogens is 1. The van der Waals surface area contributed by atoms with Gasteiger partial charge in [0.15, 0.2) is 0 Å². The highest BCUT2D eigenvalue weighted by atomic mass is 35.5. The molecule has 1 aromatic carbocycles. The number of rotatable bonds is 6. The molecule has 206 valence electrons. The monoisotopic (exact) mass is 576 g/mol. The van der Waals surface area contributed by atoms with Crippen molar-refractivity contribution in [2.75, 3.05) is 26.2 Å². The fraction of sp³-hybridized carbons (Fsp3) is 0.500. The molecule has 2 aromatic rings. The van der Waals surface area contributed by atoms with Crippen molar-refractivity contribution in [2.45, 2.75) is 44.1 Å². The normalized spacial score (nSPS) is 25.2. The zero-order valence-corrected chi connectivity index (χ0v) is 22.8. The summed E-state index contributed by atoms with van der Waals surface area (Å²) in [5.74, 6) is -4.65. The van der Waals surface area contributed by atoms with E-state index < -0.39 is 17.7 Å². The Morgan fingerprint density at radius 1 is 1.10 bits per heavy atom. The first-order valence-corrected chi connectivity index (χ1v) is 13.8. The Hall–Kier alpha value is -2.96. The van der Waals surface area contributed by atoms with Crippen LogP contribution in [0.15, 0.2) is 36.5 Å². The first-order chi connectivity index (χ1) is 18.6. The lowest BCUT2D eigenvalue weighted by molar-refractivity contribution is -0.141. The van der Waals surface area contributed by atoms with Crippen molar-refractivity contribution in [2.24, 2.45) is 17.8 Å². The van der Waals surface area contributed by atoms with Crippen molar-refractivity contribution < 1.29 is 23.1 Å². The van der Waals surface area contributed by atoms with Crippen LogP contribution in [0.5, 0.6) is 5.88 Å². The summed E-state index contributed by atoms with van der Waals surface area (Å²) in [6.45, 7) is 3.46. The number of hydrogen-bond donors (Lipinski definition) is 0. The van der Waals surface area contributed by atoms with E-state index in [4.69, 9.17) is 33.2 Å². The van der Waals surface area contributed by atoms with Gasteiger partial charge in [-0.25, -0.2) is 13.8 Å². The first-order valence-electron chi connectivity index (χ1n) is 13.0.